The number of ether oxygens (including phenoxy) is 4. The van der Waals surface area contributed by atoms with Gasteiger partial charge in [-0.2, -0.15) is 0 Å². The van der Waals surface area contributed by atoms with Crippen LogP contribution in [-0.2, 0) is 4.79 Å². The molecule has 3 rings (SSSR count). The first-order valence-electron chi connectivity index (χ1n) is 8.84. The van der Waals surface area contributed by atoms with Crippen LogP contribution in [0.2, 0.25) is 0 Å². The molecule has 0 spiro atoms. The predicted octanol–water partition coefficient (Wildman–Crippen LogP) is 1.94. The van der Waals surface area contributed by atoms with Gasteiger partial charge in [-0.3, -0.25) is 4.79 Å². The summed E-state index contributed by atoms with van der Waals surface area (Å²) in [5, 5.41) is 0. The van der Waals surface area contributed by atoms with E-state index >= 15 is 0 Å². The fourth-order valence-corrected chi connectivity index (χ4v) is 2.78. The molecule has 2 heterocycles. The van der Waals surface area contributed by atoms with Gasteiger partial charge in [0, 0.05) is 25.4 Å². The van der Waals surface area contributed by atoms with Crippen LogP contribution in [0, 0.1) is 0 Å². The second kappa shape index (κ2) is 9.07. The summed E-state index contributed by atoms with van der Waals surface area (Å²) in [7, 11) is 1.51. The molecule has 1 amide bonds. The standard InChI is InChI=1S/C19H23N3O5/c1-3-25-14-4-6-15(7-5-14)26-13-17(23)22-11-8-16(12-22)27-19-18(24-2)20-9-10-21-19/h4-7,9-10,16H,3,8,11-13H2,1-2H3. The maximum Gasteiger partial charge on any atom is 0.278 e. The Hall–Kier alpha value is -3.03. The van der Waals surface area contributed by atoms with Crippen LogP contribution in [0.25, 0.3) is 0 Å². The van der Waals surface area contributed by atoms with E-state index in [2.05, 4.69) is 9.97 Å². The van der Waals surface area contributed by atoms with Crippen molar-refractivity contribution in [3.05, 3.63) is 36.7 Å². The van der Waals surface area contributed by atoms with Gasteiger partial charge in [0.2, 0.25) is 0 Å². The molecule has 0 aliphatic carbocycles. The molecule has 1 aromatic carbocycles. The van der Waals surface area contributed by atoms with Crippen molar-refractivity contribution >= 4 is 5.91 Å². The van der Waals surface area contributed by atoms with Gasteiger partial charge in [0.15, 0.2) is 6.61 Å². The van der Waals surface area contributed by atoms with Crippen LogP contribution < -0.4 is 18.9 Å². The molecule has 0 saturated carbocycles. The van der Waals surface area contributed by atoms with Crippen molar-refractivity contribution in [1.29, 1.82) is 0 Å². The summed E-state index contributed by atoms with van der Waals surface area (Å²) >= 11 is 0. The number of rotatable bonds is 8. The predicted molar refractivity (Wildman–Crippen MR) is 97.3 cm³/mol. The van der Waals surface area contributed by atoms with E-state index in [-0.39, 0.29) is 18.6 Å². The van der Waals surface area contributed by atoms with Crippen molar-refractivity contribution in [3.63, 3.8) is 0 Å². The third-order valence-corrected chi connectivity index (χ3v) is 4.10. The fourth-order valence-electron chi connectivity index (χ4n) is 2.78. The Labute approximate surface area is 158 Å². The van der Waals surface area contributed by atoms with Gasteiger partial charge in [0.1, 0.15) is 17.6 Å². The number of amides is 1. The monoisotopic (exact) mass is 373 g/mol. The molecule has 1 aromatic heterocycles. The number of carbonyl (C=O) groups excluding carboxylic acids is 1. The number of hydrogen-bond donors (Lipinski definition) is 0. The summed E-state index contributed by atoms with van der Waals surface area (Å²) in [4.78, 5) is 22.3. The second-order valence-electron chi connectivity index (χ2n) is 5.93. The third kappa shape index (κ3) is 4.99. The normalized spacial score (nSPS) is 16.1. The highest BCUT2D eigenvalue weighted by Crippen LogP contribution is 2.24. The van der Waals surface area contributed by atoms with Crippen molar-refractivity contribution in [2.75, 3.05) is 33.4 Å². The quantitative estimate of drug-likeness (QED) is 0.699. The van der Waals surface area contributed by atoms with E-state index in [9.17, 15) is 4.79 Å². The molecule has 1 unspecified atom stereocenters. The number of hydrogen-bond acceptors (Lipinski definition) is 7. The summed E-state index contributed by atoms with van der Waals surface area (Å²) in [6.45, 7) is 3.60. The van der Waals surface area contributed by atoms with E-state index < -0.39 is 0 Å². The van der Waals surface area contributed by atoms with Gasteiger partial charge in [-0.05, 0) is 31.2 Å². The molecule has 8 nitrogen and oxygen atoms in total. The maximum atomic E-state index is 12.4. The Morgan fingerprint density at radius 3 is 2.44 bits per heavy atom. The van der Waals surface area contributed by atoms with Crippen molar-refractivity contribution in [3.8, 4) is 23.3 Å². The lowest BCUT2D eigenvalue weighted by Crippen LogP contribution is -2.34. The van der Waals surface area contributed by atoms with Crippen molar-refractivity contribution in [1.82, 2.24) is 14.9 Å². The van der Waals surface area contributed by atoms with Gasteiger partial charge < -0.3 is 23.8 Å². The number of benzene rings is 1. The molecule has 1 aliphatic rings. The van der Waals surface area contributed by atoms with Crippen LogP contribution in [-0.4, -0.2) is 60.3 Å². The van der Waals surface area contributed by atoms with E-state index in [1.54, 1.807) is 23.2 Å². The zero-order valence-electron chi connectivity index (χ0n) is 15.5. The van der Waals surface area contributed by atoms with Crippen molar-refractivity contribution < 1.29 is 23.7 Å². The highest BCUT2D eigenvalue weighted by atomic mass is 16.5. The Morgan fingerprint density at radius 2 is 1.78 bits per heavy atom. The van der Waals surface area contributed by atoms with Gasteiger partial charge >= 0.3 is 0 Å². The van der Waals surface area contributed by atoms with E-state index in [1.165, 1.54) is 13.3 Å². The summed E-state index contributed by atoms with van der Waals surface area (Å²) in [5.74, 6) is 1.99. The average molecular weight is 373 g/mol. The lowest BCUT2D eigenvalue weighted by Gasteiger charge is -2.17. The van der Waals surface area contributed by atoms with Crippen LogP contribution in [0.3, 0.4) is 0 Å². The topological polar surface area (TPSA) is 83.0 Å². The highest BCUT2D eigenvalue weighted by molar-refractivity contribution is 5.78. The largest absolute Gasteiger partial charge is 0.494 e. The van der Waals surface area contributed by atoms with Gasteiger partial charge in [-0.25, -0.2) is 9.97 Å². The molecule has 0 bridgehead atoms. The number of carbonyl (C=O) groups is 1. The molecular formula is C19H23N3O5. The summed E-state index contributed by atoms with van der Waals surface area (Å²) in [5.41, 5.74) is 0. The molecule has 2 aromatic rings. The molecule has 1 fully saturated rings. The van der Waals surface area contributed by atoms with Gasteiger partial charge in [-0.1, -0.05) is 0 Å². The minimum atomic E-state index is -0.148. The van der Waals surface area contributed by atoms with Crippen molar-refractivity contribution in [2.24, 2.45) is 0 Å². The average Bonchev–Trinajstić information content (AvgIpc) is 3.16. The summed E-state index contributed by atoms with van der Waals surface area (Å²) in [6, 6.07) is 7.21. The molecule has 8 heteroatoms. The van der Waals surface area contributed by atoms with E-state index in [0.717, 1.165) is 5.75 Å². The zero-order valence-corrected chi connectivity index (χ0v) is 15.5. The minimum Gasteiger partial charge on any atom is -0.494 e. The molecule has 144 valence electrons. The lowest BCUT2D eigenvalue weighted by atomic mass is 10.3. The van der Waals surface area contributed by atoms with E-state index in [1.807, 2.05) is 19.1 Å². The summed E-state index contributed by atoms with van der Waals surface area (Å²) in [6.07, 6.45) is 3.65. The summed E-state index contributed by atoms with van der Waals surface area (Å²) < 4.78 is 21.9. The first-order chi connectivity index (χ1) is 13.2. The van der Waals surface area contributed by atoms with Crippen molar-refractivity contribution in [2.45, 2.75) is 19.4 Å². The smallest absolute Gasteiger partial charge is 0.278 e. The number of nitrogens with zero attached hydrogens (tertiary/aromatic N) is 3. The van der Waals surface area contributed by atoms with E-state index in [4.69, 9.17) is 18.9 Å². The highest BCUT2D eigenvalue weighted by Gasteiger charge is 2.29. The molecule has 27 heavy (non-hydrogen) atoms. The molecule has 0 radical (unpaired) electrons. The number of likely N-dealkylation sites (tertiary alicyclic amines) is 1. The number of aromatic nitrogens is 2. The Balaban J connectivity index is 1.47. The molecule has 1 atom stereocenters. The van der Waals surface area contributed by atoms with Crippen LogP contribution in [0.15, 0.2) is 36.7 Å². The SMILES string of the molecule is CCOc1ccc(OCC(=O)N2CCC(Oc3nccnc3OC)C2)cc1. The molecule has 0 N–H and O–H groups in total. The second-order valence-corrected chi connectivity index (χ2v) is 5.93. The number of methoxy groups -OCH3 is 1. The maximum absolute atomic E-state index is 12.4. The van der Waals surface area contributed by atoms with Gasteiger partial charge in [-0.15, -0.1) is 0 Å². The van der Waals surface area contributed by atoms with Crippen LogP contribution >= 0.6 is 0 Å². The van der Waals surface area contributed by atoms with Gasteiger partial charge in [0.05, 0.1) is 20.3 Å². The fraction of sp³-hybridized carbons (Fsp3) is 0.421. The van der Waals surface area contributed by atoms with Crippen LogP contribution in [0.1, 0.15) is 13.3 Å². The first-order valence-corrected chi connectivity index (χ1v) is 8.84. The van der Waals surface area contributed by atoms with E-state index in [0.29, 0.717) is 43.6 Å². The Kier molecular flexibility index (Phi) is 6.30. The molecule has 1 saturated heterocycles. The lowest BCUT2D eigenvalue weighted by molar-refractivity contribution is -0.132. The van der Waals surface area contributed by atoms with Crippen LogP contribution in [0.4, 0.5) is 0 Å². The minimum absolute atomic E-state index is 0.0187. The zero-order chi connectivity index (χ0) is 19.1. The van der Waals surface area contributed by atoms with Crippen LogP contribution in [0.5, 0.6) is 23.3 Å². The van der Waals surface area contributed by atoms with Gasteiger partial charge in [0.25, 0.3) is 17.7 Å². The molecular weight excluding hydrogens is 350 g/mol. The molecule has 1 aliphatic heterocycles. The Morgan fingerprint density at radius 1 is 1.11 bits per heavy atom. The first kappa shape index (κ1) is 18.8. The third-order valence-electron chi connectivity index (χ3n) is 4.10. The Bertz CT molecular complexity index is 753.